The second-order valence-electron chi connectivity index (χ2n) is 5.95. The van der Waals surface area contributed by atoms with Crippen LogP contribution in [0.2, 0.25) is 0 Å². The number of hydrogen-bond donors (Lipinski definition) is 0. The fourth-order valence-electron chi connectivity index (χ4n) is 2.94. The largest absolute Gasteiger partial charge is 0.497 e. The lowest BCUT2D eigenvalue weighted by Gasteiger charge is -2.34. The van der Waals surface area contributed by atoms with E-state index < -0.39 is 0 Å². The van der Waals surface area contributed by atoms with Crippen LogP contribution in [0.5, 0.6) is 5.75 Å². The van der Waals surface area contributed by atoms with Gasteiger partial charge in [-0.15, -0.1) is 11.3 Å². The Kier molecular flexibility index (Phi) is 4.67. The van der Waals surface area contributed by atoms with Crippen molar-refractivity contribution >= 4 is 16.5 Å². The van der Waals surface area contributed by atoms with E-state index in [2.05, 4.69) is 19.8 Å². The van der Waals surface area contributed by atoms with Crippen LogP contribution in [0.15, 0.2) is 46.5 Å². The molecule has 3 heterocycles. The van der Waals surface area contributed by atoms with Crippen molar-refractivity contribution in [3.05, 3.63) is 47.8 Å². The Labute approximate surface area is 150 Å². The first-order valence-electron chi connectivity index (χ1n) is 8.27. The summed E-state index contributed by atoms with van der Waals surface area (Å²) >= 11 is 1.70. The number of nitrogens with zero attached hydrogens (tertiary/aromatic N) is 4. The number of piperazine rings is 1. The van der Waals surface area contributed by atoms with Crippen molar-refractivity contribution in [3.8, 4) is 17.2 Å². The molecule has 2 aromatic heterocycles. The molecule has 1 saturated heterocycles. The van der Waals surface area contributed by atoms with Gasteiger partial charge in [-0.3, -0.25) is 4.90 Å². The molecule has 0 atom stereocenters. The topological polar surface area (TPSA) is 54.6 Å². The molecule has 0 radical (unpaired) electrons. The van der Waals surface area contributed by atoms with E-state index in [1.165, 1.54) is 0 Å². The molecule has 6 nitrogen and oxygen atoms in total. The number of methoxy groups -OCH3 is 1. The molecular formula is C18H20N4O2S. The van der Waals surface area contributed by atoms with Gasteiger partial charge in [-0.1, -0.05) is 0 Å². The summed E-state index contributed by atoms with van der Waals surface area (Å²) in [6.07, 6.45) is 3.62. The first-order chi connectivity index (χ1) is 12.3. The molecule has 25 heavy (non-hydrogen) atoms. The molecule has 0 N–H and O–H groups in total. The summed E-state index contributed by atoms with van der Waals surface area (Å²) in [5.74, 6) is 1.48. The van der Waals surface area contributed by atoms with Crippen LogP contribution in [0.25, 0.3) is 11.5 Å². The number of oxazole rings is 1. The number of thiazole rings is 1. The Bertz CT molecular complexity index is 793. The molecule has 3 aromatic rings. The maximum atomic E-state index is 5.65. The lowest BCUT2D eigenvalue weighted by molar-refractivity contribution is 0.247. The fraction of sp³-hybridized carbons (Fsp3) is 0.333. The van der Waals surface area contributed by atoms with Gasteiger partial charge in [0.15, 0.2) is 5.13 Å². The van der Waals surface area contributed by atoms with Gasteiger partial charge in [-0.2, -0.15) is 0 Å². The summed E-state index contributed by atoms with van der Waals surface area (Å²) in [7, 11) is 1.66. The highest BCUT2D eigenvalue weighted by molar-refractivity contribution is 7.13. The van der Waals surface area contributed by atoms with Crippen LogP contribution in [-0.4, -0.2) is 48.2 Å². The van der Waals surface area contributed by atoms with Crippen LogP contribution < -0.4 is 9.64 Å². The van der Waals surface area contributed by atoms with E-state index in [9.17, 15) is 0 Å². The van der Waals surface area contributed by atoms with E-state index in [-0.39, 0.29) is 0 Å². The monoisotopic (exact) mass is 356 g/mol. The van der Waals surface area contributed by atoms with Crippen LogP contribution >= 0.6 is 11.3 Å². The zero-order valence-corrected chi connectivity index (χ0v) is 14.9. The van der Waals surface area contributed by atoms with Crippen molar-refractivity contribution in [2.24, 2.45) is 0 Å². The van der Waals surface area contributed by atoms with Gasteiger partial charge in [0.05, 0.1) is 12.8 Å². The summed E-state index contributed by atoms with van der Waals surface area (Å²) in [4.78, 5) is 13.8. The highest BCUT2D eigenvalue weighted by Crippen LogP contribution is 2.23. The van der Waals surface area contributed by atoms with Crippen LogP contribution in [0.1, 0.15) is 5.69 Å². The second kappa shape index (κ2) is 7.25. The molecule has 1 fully saturated rings. The van der Waals surface area contributed by atoms with Crippen LogP contribution in [0.3, 0.4) is 0 Å². The average Bonchev–Trinajstić information content (AvgIpc) is 3.35. The minimum atomic E-state index is 0.652. The van der Waals surface area contributed by atoms with Gasteiger partial charge in [0.2, 0.25) is 5.89 Å². The molecule has 0 aliphatic carbocycles. The van der Waals surface area contributed by atoms with Gasteiger partial charge in [-0.25, -0.2) is 9.97 Å². The Balaban J connectivity index is 1.35. The first-order valence-corrected chi connectivity index (χ1v) is 9.15. The predicted molar refractivity (Wildman–Crippen MR) is 98.1 cm³/mol. The third-order valence-electron chi connectivity index (χ3n) is 4.34. The minimum Gasteiger partial charge on any atom is -0.497 e. The van der Waals surface area contributed by atoms with Gasteiger partial charge in [0.1, 0.15) is 12.0 Å². The molecule has 0 unspecified atom stereocenters. The number of benzene rings is 1. The average molecular weight is 356 g/mol. The second-order valence-corrected chi connectivity index (χ2v) is 6.82. The summed E-state index contributed by atoms with van der Waals surface area (Å²) in [6, 6.07) is 7.75. The summed E-state index contributed by atoms with van der Waals surface area (Å²) in [5, 5.41) is 3.14. The number of aromatic nitrogens is 2. The molecule has 1 aliphatic heterocycles. The molecule has 0 bridgehead atoms. The highest BCUT2D eigenvalue weighted by atomic mass is 32.1. The van der Waals surface area contributed by atoms with Crippen LogP contribution in [-0.2, 0) is 6.54 Å². The maximum Gasteiger partial charge on any atom is 0.226 e. The van der Waals surface area contributed by atoms with Gasteiger partial charge in [-0.05, 0) is 24.3 Å². The lowest BCUT2D eigenvalue weighted by atomic mass is 10.2. The molecule has 1 aromatic carbocycles. The third-order valence-corrected chi connectivity index (χ3v) is 5.17. The molecular weight excluding hydrogens is 336 g/mol. The predicted octanol–water partition coefficient (Wildman–Crippen LogP) is 3.13. The van der Waals surface area contributed by atoms with E-state index in [0.717, 1.165) is 54.9 Å². The van der Waals surface area contributed by atoms with Crippen molar-refractivity contribution in [1.82, 2.24) is 14.9 Å². The number of ether oxygens (including phenoxy) is 1. The van der Waals surface area contributed by atoms with Crippen molar-refractivity contribution in [2.45, 2.75) is 6.54 Å². The van der Waals surface area contributed by atoms with Gasteiger partial charge >= 0.3 is 0 Å². The van der Waals surface area contributed by atoms with E-state index in [1.54, 1.807) is 24.7 Å². The maximum absolute atomic E-state index is 5.65. The fourth-order valence-corrected chi connectivity index (χ4v) is 3.64. The third kappa shape index (κ3) is 3.67. The Hall–Kier alpha value is -2.38. The Morgan fingerprint density at radius 2 is 1.96 bits per heavy atom. The molecule has 0 amide bonds. The summed E-state index contributed by atoms with van der Waals surface area (Å²) < 4.78 is 10.8. The van der Waals surface area contributed by atoms with Gasteiger partial charge in [0, 0.05) is 49.9 Å². The number of rotatable bonds is 5. The Morgan fingerprint density at radius 3 is 2.64 bits per heavy atom. The number of anilines is 1. The zero-order chi connectivity index (χ0) is 17.1. The summed E-state index contributed by atoms with van der Waals surface area (Å²) in [5.41, 5.74) is 1.93. The quantitative estimate of drug-likeness (QED) is 0.700. The van der Waals surface area contributed by atoms with Gasteiger partial charge < -0.3 is 14.1 Å². The molecule has 0 saturated carbocycles. The van der Waals surface area contributed by atoms with Crippen molar-refractivity contribution in [2.75, 3.05) is 38.2 Å². The SMILES string of the molecule is COc1ccc(-c2nc(CN3CCN(c4nccs4)CC3)co2)cc1. The zero-order valence-electron chi connectivity index (χ0n) is 14.1. The van der Waals surface area contributed by atoms with E-state index in [0.29, 0.717) is 5.89 Å². The molecule has 4 rings (SSSR count). The van der Waals surface area contributed by atoms with Crippen molar-refractivity contribution < 1.29 is 9.15 Å². The van der Waals surface area contributed by atoms with Gasteiger partial charge in [0.25, 0.3) is 0 Å². The summed E-state index contributed by atoms with van der Waals surface area (Å²) in [6.45, 7) is 4.81. The van der Waals surface area contributed by atoms with Crippen LogP contribution in [0.4, 0.5) is 5.13 Å². The molecule has 1 aliphatic rings. The molecule has 130 valence electrons. The number of hydrogen-bond acceptors (Lipinski definition) is 7. The van der Waals surface area contributed by atoms with E-state index >= 15 is 0 Å². The standard InChI is InChI=1S/C18H20N4O2S/c1-23-16-4-2-14(3-5-16)17-20-15(13-24-17)12-21-7-9-22(10-8-21)18-19-6-11-25-18/h2-6,11,13H,7-10,12H2,1H3. The smallest absolute Gasteiger partial charge is 0.226 e. The first kappa shape index (κ1) is 16.1. The minimum absolute atomic E-state index is 0.652. The molecule has 0 spiro atoms. The Morgan fingerprint density at radius 1 is 1.16 bits per heavy atom. The molecule has 7 heteroatoms. The highest BCUT2D eigenvalue weighted by Gasteiger charge is 2.19. The van der Waals surface area contributed by atoms with E-state index in [4.69, 9.17) is 9.15 Å². The normalized spacial score (nSPS) is 15.5. The van der Waals surface area contributed by atoms with Crippen LogP contribution in [0, 0.1) is 0 Å². The van der Waals surface area contributed by atoms with Crippen molar-refractivity contribution in [3.63, 3.8) is 0 Å². The van der Waals surface area contributed by atoms with E-state index in [1.807, 2.05) is 35.8 Å². The van der Waals surface area contributed by atoms with Crippen molar-refractivity contribution in [1.29, 1.82) is 0 Å². The lowest BCUT2D eigenvalue weighted by Crippen LogP contribution is -2.45.